The summed E-state index contributed by atoms with van der Waals surface area (Å²) in [6, 6.07) is 91.9. The molecule has 0 unspecified atom stereocenters. The molecule has 0 saturated carbocycles. The molecule has 2 nitrogen and oxygen atoms in total. The van der Waals surface area contributed by atoms with E-state index in [1.54, 1.807) is 0 Å². The molecule has 0 aliphatic carbocycles. The second-order valence-electron chi connectivity index (χ2n) is 15.7. The van der Waals surface area contributed by atoms with Gasteiger partial charge in [-0.3, -0.25) is 0 Å². The lowest BCUT2D eigenvalue weighted by molar-refractivity contribution is 1.14. The van der Waals surface area contributed by atoms with Crippen molar-refractivity contribution in [2.75, 3.05) is 4.90 Å². The molecule has 11 rings (SSSR count). The van der Waals surface area contributed by atoms with Crippen LogP contribution in [-0.4, -0.2) is 4.57 Å². The van der Waals surface area contributed by atoms with Gasteiger partial charge in [-0.05, 0) is 98.4 Å². The van der Waals surface area contributed by atoms with Crippen molar-refractivity contribution in [2.24, 2.45) is 0 Å². The van der Waals surface area contributed by atoms with Crippen LogP contribution in [0, 0.1) is 0 Å². The molecule has 10 aromatic carbocycles. The molecule has 292 valence electrons. The number of rotatable bonds is 9. The lowest BCUT2D eigenvalue weighted by Crippen LogP contribution is -2.10. The Kier molecular flexibility index (Phi) is 9.57. The summed E-state index contributed by atoms with van der Waals surface area (Å²) >= 11 is 0. The van der Waals surface area contributed by atoms with Crippen molar-refractivity contribution in [3.63, 3.8) is 0 Å². The summed E-state index contributed by atoms with van der Waals surface area (Å²) in [5.74, 6) is 0. The van der Waals surface area contributed by atoms with E-state index in [9.17, 15) is 0 Å². The topological polar surface area (TPSA) is 8.17 Å². The van der Waals surface area contributed by atoms with Gasteiger partial charge in [-0.2, -0.15) is 0 Å². The fourth-order valence-electron chi connectivity index (χ4n) is 9.09. The lowest BCUT2D eigenvalue weighted by Gasteiger charge is -2.28. The Bertz CT molecular complexity index is 3200. The van der Waals surface area contributed by atoms with Crippen LogP contribution >= 0.6 is 0 Å². The number of para-hydroxylation sites is 1. The van der Waals surface area contributed by atoms with Gasteiger partial charge in [-0.15, -0.1) is 0 Å². The largest absolute Gasteiger partial charge is 0.310 e. The van der Waals surface area contributed by atoms with Gasteiger partial charge >= 0.3 is 0 Å². The van der Waals surface area contributed by atoms with Crippen molar-refractivity contribution in [3.05, 3.63) is 255 Å². The van der Waals surface area contributed by atoms with E-state index in [2.05, 4.69) is 264 Å². The van der Waals surface area contributed by atoms with Gasteiger partial charge in [0.05, 0.1) is 16.9 Å². The van der Waals surface area contributed by atoms with Crippen LogP contribution < -0.4 is 4.90 Å². The predicted molar refractivity (Wildman–Crippen MR) is 263 cm³/mol. The third kappa shape index (κ3) is 6.74. The quantitative estimate of drug-likeness (QED) is 0.141. The molecule has 0 bridgehead atoms. The number of hydrogen-bond donors (Lipinski definition) is 0. The average Bonchev–Trinajstić information content (AvgIpc) is 3.71. The molecule has 1 heterocycles. The molecule has 0 saturated heterocycles. The van der Waals surface area contributed by atoms with Crippen LogP contribution in [0.4, 0.5) is 17.1 Å². The Morgan fingerprint density at radius 2 is 0.694 bits per heavy atom. The highest BCUT2D eigenvalue weighted by atomic mass is 15.1. The summed E-state index contributed by atoms with van der Waals surface area (Å²) in [6.45, 7) is 0. The minimum atomic E-state index is 1.10. The van der Waals surface area contributed by atoms with Crippen molar-refractivity contribution < 1.29 is 0 Å². The Morgan fingerprint density at radius 3 is 1.24 bits per heavy atom. The summed E-state index contributed by atoms with van der Waals surface area (Å²) < 4.78 is 2.43. The standard InChI is InChI=1S/C60H42N2/c1-5-17-43(18-6-1)45-29-35-50(36-30-45)61(51-37-31-46(32-38-51)44-19-7-2-8-20-44)58-42-41-53(54-25-13-14-26-55(54)58)47-33-39-52(40-34-47)62-57-28-16-15-27-56(57)59(48-21-9-3-10-22-48)60(62)49-23-11-4-12-24-49/h1-42H. The van der Waals surface area contributed by atoms with Crippen LogP contribution in [0.5, 0.6) is 0 Å². The van der Waals surface area contributed by atoms with Crippen LogP contribution in [0.2, 0.25) is 0 Å². The SMILES string of the molecule is c1ccc(-c2ccc(N(c3ccc(-c4ccccc4)cc3)c3ccc(-c4ccc(-n5c(-c6ccccc6)c(-c6ccccc6)c6ccccc65)cc4)c4ccccc34)cc2)cc1. The fraction of sp³-hybridized carbons (Fsp3) is 0. The molecule has 11 aromatic rings. The molecule has 0 aliphatic rings. The number of fused-ring (bicyclic) bond motifs is 2. The van der Waals surface area contributed by atoms with Gasteiger partial charge in [0.2, 0.25) is 0 Å². The van der Waals surface area contributed by atoms with Crippen LogP contribution in [0.25, 0.3) is 83.1 Å². The molecular formula is C60H42N2. The van der Waals surface area contributed by atoms with E-state index in [-0.39, 0.29) is 0 Å². The second kappa shape index (κ2) is 16.1. The van der Waals surface area contributed by atoms with E-state index < -0.39 is 0 Å². The van der Waals surface area contributed by atoms with Crippen molar-refractivity contribution in [3.8, 4) is 61.5 Å². The predicted octanol–water partition coefficient (Wildman–Crippen LogP) is 16.6. The first-order valence-corrected chi connectivity index (χ1v) is 21.3. The summed E-state index contributed by atoms with van der Waals surface area (Å²) in [5.41, 5.74) is 17.6. The minimum absolute atomic E-state index is 1.10. The Labute approximate surface area is 362 Å². The third-order valence-corrected chi connectivity index (χ3v) is 12.0. The Morgan fingerprint density at radius 1 is 0.274 bits per heavy atom. The molecule has 0 spiro atoms. The van der Waals surface area contributed by atoms with E-state index >= 15 is 0 Å². The summed E-state index contributed by atoms with van der Waals surface area (Å²) in [7, 11) is 0. The minimum Gasteiger partial charge on any atom is -0.310 e. The highest BCUT2D eigenvalue weighted by Gasteiger charge is 2.22. The molecule has 1 aromatic heterocycles. The van der Waals surface area contributed by atoms with Crippen molar-refractivity contribution in [1.29, 1.82) is 0 Å². The molecule has 62 heavy (non-hydrogen) atoms. The molecule has 0 radical (unpaired) electrons. The van der Waals surface area contributed by atoms with Crippen LogP contribution in [-0.2, 0) is 0 Å². The Balaban J connectivity index is 1.03. The van der Waals surface area contributed by atoms with Crippen molar-refractivity contribution in [1.82, 2.24) is 4.57 Å². The van der Waals surface area contributed by atoms with Gasteiger partial charge in [0.1, 0.15) is 0 Å². The summed E-state index contributed by atoms with van der Waals surface area (Å²) in [5, 5.41) is 3.62. The van der Waals surface area contributed by atoms with Gasteiger partial charge in [-0.1, -0.05) is 206 Å². The third-order valence-electron chi connectivity index (χ3n) is 12.0. The summed E-state index contributed by atoms with van der Waals surface area (Å²) in [6.07, 6.45) is 0. The monoisotopic (exact) mass is 790 g/mol. The molecule has 0 fully saturated rings. The lowest BCUT2D eigenvalue weighted by atomic mass is 9.95. The van der Waals surface area contributed by atoms with E-state index in [1.165, 1.54) is 77.4 Å². The van der Waals surface area contributed by atoms with E-state index in [0.717, 1.165) is 22.7 Å². The maximum absolute atomic E-state index is 2.43. The van der Waals surface area contributed by atoms with Gasteiger partial charge in [0.15, 0.2) is 0 Å². The number of aromatic nitrogens is 1. The van der Waals surface area contributed by atoms with Crippen LogP contribution in [0.1, 0.15) is 0 Å². The second-order valence-corrected chi connectivity index (χ2v) is 15.7. The smallest absolute Gasteiger partial charge is 0.0619 e. The number of nitrogens with zero attached hydrogens (tertiary/aromatic N) is 2. The van der Waals surface area contributed by atoms with E-state index in [1.807, 2.05) is 0 Å². The maximum atomic E-state index is 2.43. The first-order valence-electron chi connectivity index (χ1n) is 21.3. The molecule has 0 atom stereocenters. The van der Waals surface area contributed by atoms with Crippen LogP contribution in [0.15, 0.2) is 255 Å². The molecule has 0 N–H and O–H groups in total. The number of hydrogen-bond acceptors (Lipinski definition) is 1. The highest BCUT2D eigenvalue weighted by molar-refractivity contribution is 6.07. The highest BCUT2D eigenvalue weighted by Crippen LogP contribution is 2.45. The molecular weight excluding hydrogens is 749 g/mol. The number of benzene rings is 10. The van der Waals surface area contributed by atoms with Crippen molar-refractivity contribution >= 4 is 38.7 Å². The first-order chi connectivity index (χ1) is 30.8. The van der Waals surface area contributed by atoms with Gasteiger partial charge in [-0.25, -0.2) is 0 Å². The van der Waals surface area contributed by atoms with Gasteiger partial charge in [0, 0.05) is 33.4 Å². The number of anilines is 3. The van der Waals surface area contributed by atoms with E-state index in [4.69, 9.17) is 0 Å². The zero-order chi connectivity index (χ0) is 41.2. The maximum Gasteiger partial charge on any atom is 0.0619 e. The zero-order valence-electron chi connectivity index (χ0n) is 34.1. The van der Waals surface area contributed by atoms with Crippen LogP contribution in [0.3, 0.4) is 0 Å². The normalized spacial score (nSPS) is 11.2. The van der Waals surface area contributed by atoms with Gasteiger partial charge < -0.3 is 9.47 Å². The molecule has 0 aliphatic heterocycles. The zero-order valence-corrected chi connectivity index (χ0v) is 34.1. The molecule has 0 amide bonds. The summed E-state index contributed by atoms with van der Waals surface area (Å²) in [4.78, 5) is 2.39. The fourth-order valence-corrected chi connectivity index (χ4v) is 9.09. The molecule has 2 heteroatoms. The average molecular weight is 791 g/mol. The van der Waals surface area contributed by atoms with Crippen molar-refractivity contribution in [2.45, 2.75) is 0 Å². The van der Waals surface area contributed by atoms with E-state index in [0.29, 0.717) is 0 Å². The Hall–Kier alpha value is -8.20. The van der Waals surface area contributed by atoms with Gasteiger partial charge in [0.25, 0.3) is 0 Å². The first kappa shape index (κ1) is 36.8.